The van der Waals surface area contributed by atoms with Gasteiger partial charge in [0.2, 0.25) is 5.78 Å². The van der Waals surface area contributed by atoms with Gasteiger partial charge in [0.25, 0.3) is 0 Å². The van der Waals surface area contributed by atoms with Crippen molar-refractivity contribution in [2.24, 2.45) is 0 Å². The van der Waals surface area contributed by atoms with Crippen molar-refractivity contribution in [3.05, 3.63) is 82.4 Å². The lowest BCUT2D eigenvalue weighted by Crippen LogP contribution is -2.16. The molecule has 0 spiro atoms. The number of rotatable bonds is 8. The summed E-state index contributed by atoms with van der Waals surface area (Å²) in [4.78, 5) is 25.3. The molecule has 0 atom stereocenters. The molecule has 0 fully saturated rings. The van der Waals surface area contributed by atoms with Gasteiger partial charge in [0, 0.05) is 23.5 Å². The highest BCUT2D eigenvalue weighted by Gasteiger charge is 2.21. The van der Waals surface area contributed by atoms with Crippen LogP contribution in [-0.2, 0) is 11.3 Å². The van der Waals surface area contributed by atoms with Crippen molar-refractivity contribution in [3.8, 4) is 11.5 Å². The summed E-state index contributed by atoms with van der Waals surface area (Å²) in [6.07, 6.45) is 0. The monoisotopic (exact) mass is 425 g/mol. The number of ether oxygens (including phenoxy) is 3. The van der Waals surface area contributed by atoms with E-state index in [1.807, 2.05) is 18.4 Å². The lowest BCUT2D eigenvalue weighted by atomic mass is 10.1. The molecule has 0 amide bonds. The van der Waals surface area contributed by atoms with Crippen LogP contribution in [0, 0.1) is 19.7 Å². The van der Waals surface area contributed by atoms with Crippen LogP contribution in [0.25, 0.3) is 0 Å². The first kappa shape index (κ1) is 22.1. The first-order chi connectivity index (χ1) is 14.8. The van der Waals surface area contributed by atoms with E-state index in [1.54, 1.807) is 36.4 Å². The van der Waals surface area contributed by atoms with Crippen molar-refractivity contribution in [1.29, 1.82) is 0 Å². The molecule has 6 nitrogen and oxygen atoms in total. The fourth-order valence-corrected chi connectivity index (χ4v) is 3.43. The van der Waals surface area contributed by atoms with Gasteiger partial charge in [-0.05, 0) is 49.7 Å². The molecule has 3 rings (SSSR count). The molecule has 162 valence electrons. The van der Waals surface area contributed by atoms with Gasteiger partial charge in [0.1, 0.15) is 11.4 Å². The quantitative estimate of drug-likeness (QED) is 0.397. The Bertz CT molecular complexity index is 1100. The second kappa shape index (κ2) is 9.47. The predicted molar refractivity (Wildman–Crippen MR) is 114 cm³/mol. The molecular formula is C24H24FNO5. The molecule has 0 N–H and O–H groups in total. The van der Waals surface area contributed by atoms with Crippen LogP contribution < -0.4 is 9.47 Å². The van der Waals surface area contributed by atoms with Crippen molar-refractivity contribution < 1.29 is 28.2 Å². The zero-order valence-electron chi connectivity index (χ0n) is 17.9. The van der Waals surface area contributed by atoms with Crippen LogP contribution in [0.1, 0.15) is 37.7 Å². The summed E-state index contributed by atoms with van der Waals surface area (Å²) in [5.74, 6) is -0.638. The number of aryl methyl sites for hydroxylation is 1. The van der Waals surface area contributed by atoms with E-state index in [1.165, 1.54) is 26.4 Å². The van der Waals surface area contributed by atoms with Crippen LogP contribution in [0.4, 0.5) is 4.39 Å². The molecule has 2 aromatic carbocycles. The lowest BCUT2D eigenvalue weighted by Gasteiger charge is -2.12. The Kier molecular flexibility index (Phi) is 6.74. The fourth-order valence-electron chi connectivity index (χ4n) is 3.43. The number of hydrogen-bond donors (Lipinski definition) is 0. The van der Waals surface area contributed by atoms with Crippen LogP contribution in [0.2, 0.25) is 0 Å². The van der Waals surface area contributed by atoms with Crippen molar-refractivity contribution >= 4 is 11.8 Å². The van der Waals surface area contributed by atoms with E-state index in [0.717, 1.165) is 17.0 Å². The van der Waals surface area contributed by atoms with Gasteiger partial charge in [0.05, 0.1) is 14.2 Å². The third-order valence-corrected chi connectivity index (χ3v) is 5.09. The Morgan fingerprint density at radius 2 is 1.68 bits per heavy atom. The molecule has 1 heterocycles. The highest BCUT2D eigenvalue weighted by atomic mass is 19.1. The van der Waals surface area contributed by atoms with Gasteiger partial charge in [0.15, 0.2) is 18.1 Å². The van der Waals surface area contributed by atoms with Crippen LogP contribution in [-0.4, -0.2) is 37.1 Å². The van der Waals surface area contributed by atoms with E-state index in [2.05, 4.69) is 0 Å². The fraction of sp³-hybridized carbons (Fsp3) is 0.250. The standard InChI is InChI=1S/C24H24FNO5/c1-15-12-20(16(2)26(15)13-17-8-10-18(25)11-9-17)21(27)14-31-24(28)19-6-5-7-22(29-3)23(19)30-4/h5-12H,13-14H2,1-4H3. The molecule has 0 radical (unpaired) electrons. The molecule has 0 saturated carbocycles. The molecule has 0 saturated heterocycles. The lowest BCUT2D eigenvalue weighted by molar-refractivity contribution is 0.0471. The number of benzene rings is 2. The Morgan fingerprint density at radius 1 is 0.968 bits per heavy atom. The summed E-state index contributed by atoms with van der Waals surface area (Å²) in [5, 5.41) is 0. The number of esters is 1. The maximum atomic E-state index is 13.1. The maximum absolute atomic E-state index is 13.1. The molecule has 31 heavy (non-hydrogen) atoms. The van der Waals surface area contributed by atoms with Crippen molar-refractivity contribution in [2.45, 2.75) is 20.4 Å². The van der Waals surface area contributed by atoms with E-state index in [9.17, 15) is 14.0 Å². The SMILES string of the molecule is COc1cccc(C(=O)OCC(=O)c2cc(C)n(Cc3ccc(F)cc3)c2C)c1OC. The number of Topliss-reactive ketones (excluding diaryl/α,β-unsaturated/α-hetero) is 1. The zero-order chi connectivity index (χ0) is 22.5. The Labute approximate surface area is 180 Å². The molecule has 0 aliphatic heterocycles. The predicted octanol–water partition coefficient (Wildman–Crippen LogP) is 4.35. The number of carbonyl (C=O) groups is 2. The summed E-state index contributed by atoms with van der Waals surface area (Å²) < 4.78 is 30.8. The minimum Gasteiger partial charge on any atom is -0.493 e. The molecular weight excluding hydrogens is 401 g/mol. The van der Waals surface area contributed by atoms with E-state index in [0.29, 0.717) is 17.9 Å². The number of nitrogens with zero attached hydrogens (tertiary/aromatic N) is 1. The molecule has 7 heteroatoms. The highest BCUT2D eigenvalue weighted by Crippen LogP contribution is 2.31. The summed E-state index contributed by atoms with van der Waals surface area (Å²) in [7, 11) is 2.90. The number of methoxy groups -OCH3 is 2. The number of hydrogen-bond acceptors (Lipinski definition) is 5. The molecule has 0 bridgehead atoms. The molecule has 3 aromatic rings. The van der Waals surface area contributed by atoms with Gasteiger partial charge in [-0.3, -0.25) is 4.79 Å². The van der Waals surface area contributed by atoms with Crippen molar-refractivity contribution in [1.82, 2.24) is 4.57 Å². The Balaban J connectivity index is 1.73. The van der Waals surface area contributed by atoms with Gasteiger partial charge >= 0.3 is 5.97 Å². The second-order valence-corrected chi connectivity index (χ2v) is 7.04. The van der Waals surface area contributed by atoms with Gasteiger partial charge in [-0.2, -0.15) is 0 Å². The third-order valence-electron chi connectivity index (χ3n) is 5.09. The van der Waals surface area contributed by atoms with Gasteiger partial charge in [-0.25, -0.2) is 9.18 Å². The van der Waals surface area contributed by atoms with E-state index < -0.39 is 12.6 Å². The topological polar surface area (TPSA) is 66.8 Å². The number of carbonyl (C=O) groups excluding carboxylic acids is 2. The van der Waals surface area contributed by atoms with Crippen molar-refractivity contribution in [3.63, 3.8) is 0 Å². The molecule has 0 aliphatic carbocycles. The Hall–Kier alpha value is -3.61. The Morgan fingerprint density at radius 3 is 2.32 bits per heavy atom. The number of ketones is 1. The number of para-hydroxylation sites is 1. The smallest absolute Gasteiger partial charge is 0.342 e. The summed E-state index contributed by atoms with van der Waals surface area (Å²) in [6.45, 7) is 3.82. The average molecular weight is 425 g/mol. The summed E-state index contributed by atoms with van der Waals surface area (Å²) in [6, 6.07) is 12.8. The van der Waals surface area contributed by atoms with Gasteiger partial charge in [-0.1, -0.05) is 18.2 Å². The first-order valence-corrected chi connectivity index (χ1v) is 9.68. The number of aromatic nitrogens is 1. The van der Waals surface area contributed by atoms with Crippen LogP contribution in [0.5, 0.6) is 11.5 Å². The van der Waals surface area contributed by atoms with Gasteiger partial charge < -0.3 is 18.8 Å². The molecule has 1 aromatic heterocycles. The first-order valence-electron chi connectivity index (χ1n) is 9.68. The van der Waals surface area contributed by atoms with Gasteiger partial charge in [-0.15, -0.1) is 0 Å². The van der Waals surface area contributed by atoms with Crippen LogP contribution in [0.3, 0.4) is 0 Å². The number of halogens is 1. The van der Waals surface area contributed by atoms with E-state index >= 15 is 0 Å². The second-order valence-electron chi connectivity index (χ2n) is 7.04. The normalized spacial score (nSPS) is 10.6. The third kappa shape index (κ3) is 4.77. The zero-order valence-corrected chi connectivity index (χ0v) is 17.9. The van der Waals surface area contributed by atoms with Crippen LogP contribution >= 0.6 is 0 Å². The molecule has 0 aliphatic rings. The summed E-state index contributed by atoms with van der Waals surface area (Å²) >= 11 is 0. The van der Waals surface area contributed by atoms with E-state index in [-0.39, 0.29) is 22.9 Å². The average Bonchev–Trinajstić information content (AvgIpc) is 3.06. The largest absolute Gasteiger partial charge is 0.493 e. The molecule has 0 unspecified atom stereocenters. The minimum atomic E-state index is -0.677. The summed E-state index contributed by atoms with van der Waals surface area (Å²) in [5.41, 5.74) is 3.20. The highest BCUT2D eigenvalue weighted by molar-refractivity contribution is 6.01. The van der Waals surface area contributed by atoms with Crippen molar-refractivity contribution in [2.75, 3.05) is 20.8 Å². The minimum absolute atomic E-state index is 0.177. The van der Waals surface area contributed by atoms with E-state index in [4.69, 9.17) is 14.2 Å². The maximum Gasteiger partial charge on any atom is 0.342 e. The van der Waals surface area contributed by atoms with Crippen LogP contribution in [0.15, 0.2) is 48.5 Å².